The maximum Gasteiger partial charge on any atom is 0.295 e. The smallest absolute Gasteiger partial charge is 0.295 e. The molecule has 0 unspecified atom stereocenters. The predicted octanol–water partition coefficient (Wildman–Crippen LogP) is 2.09. The molecule has 2 amide bonds. The summed E-state index contributed by atoms with van der Waals surface area (Å²) in [5, 5.41) is 9.05. The number of aromatic nitrogens is 4. The monoisotopic (exact) mass is 342 g/mol. The fraction of sp³-hybridized carbons (Fsp3) is 0.188. The number of fused-ring (bicyclic) bond motifs is 1. The van der Waals surface area contributed by atoms with E-state index in [-0.39, 0.29) is 11.5 Å². The Hall–Kier alpha value is -3.36. The van der Waals surface area contributed by atoms with E-state index in [2.05, 4.69) is 25.7 Å². The number of aryl methyl sites for hydroxylation is 2. The molecule has 0 saturated carbocycles. The highest BCUT2D eigenvalue weighted by Gasteiger charge is 2.16. The average molecular weight is 342 g/mol. The summed E-state index contributed by atoms with van der Waals surface area (Å²) in [5.41, 5.74) is 1.84. The van der Waals surface area contributed by atoms with Crippen LogP contribution in [0.3, 0.4) is 0 Å². The first kappa shape index (κ1) is 16.5. The molecule has 2 N–H and O–H groups in total. The van der Waals surface area contributed by atoms with Crippen LogP contribution >= 0.6 is 0 Å². The minimum atomic E-state index is -0.602. The van der Waals surface area contributed by atoms with Crippen molar-refractivity contribution >= 4 is 29.0 Å². The van der Waals surface area contributed by atoms with Crippen molar-refractivity contribution < 1.29 is 14.0 Å². The first-order chi connectivity index (χ1) is 11.8. The van der Waals surface area contributed by atoms with Gasteiger partial charge in [-0.1, -0.05) is 0 Å². The van der Waals surface area contributed by atoms with E-state index in [1.165, 1.54) is 23.6 Å². The van der Waals surface area contributed by atoms with Crippen molar-refractivity contribution in [2.24, 2.45) is 0 Å². The van der Waals surface area contributed by atoms with Crippen molar-refractivity contribution in [1.29, 1.82) is 0 Å². The maximum atomic E-state index is 13.6. The predicted molar refractivity (Wildman–Crippen MR) is 88.9 cm³/mol. The number of carbonyl (C=O) groups excluding carboxylic acids is 2. The Morgan fingerprint density at radius 1 is 1.12 bits per heavy atom. The lowest BCUT2D eigenvalue weighted by Crippen LogP contribution is -2.15. The molecule has 0 radical (unpaired) electrons. The van der Waals surface area contributed by atoms with E-state index < -0.39 is 17.6 Å². The highest BCUT2D eigenvalue weighted by molar-refractivity contribution is 6.02. The van der Waals surface area contributed by atoms with Crippen LogP contribution in [0.15, 0.2) is 24.3 Å². The van der Waals surface area contributed by atoms with Crippen molar-refractivity contribution in [2.75, 3.05) is 10.6 Å². The van der Waals surface area contributed by atoms with Gasteiger partial charge < -0.3 is 10.6 Å². The summed E-state index contributed by atoms with van der Waals surface area (Å²) in [4.78, 5) is 31.7. The van der Waals surface area contributed by atoms with Gasteiger partial charge in [-0.15, -0.1) is 5.10 Å². The number of halogens is 1. The number of nitrogens with zero attached hydrogens (tertiary/aromatic N) is 4. The Balaban J connectivity index is 1.87. The zero-order chi connectivity index (χ0) is 18.1. The number of amides is 2. The van der Waals surface area contributed by atoms with E-state index in [1.807, 2.05) is 19.9 Å². The highest BCUT2D eigenvalue weighted by atomic mass is 19.1. The Morgan fingerprint density at radius 3 is 2.60 bits per heavy atom. The molecule has 0 bridgehead atoms. The van der Waals surface area contributed by atoms with Gasteiger partial charge in [-0.05, 0) is 38.1 Å². The molecule has 1 aromatic carbocycles. The minimum absolute atomic E-state index is 0.0265. The fourth-order valence-electron chi connectivity index (χ4n) is 2.34. The first-order valence-corrected chi connectivity index (χ1v) is 7.43. The molecule has 0 atom stereocenters. The van der Waals surface area contributed by atoms with Crippen molar-refractivity contribution in [3.63, 3.8) is 0 Å². The van der Waals surface area contributed by atoms with Crippen LogP contribution in [0.2, 0.25) is 0 Å². The molecule has 8 nitrogen and oxygen atoms in total. The Morgan fingerprint density at radius 2 is 1.88 bits per heavy atom. The Kier molecular flexibility index (Phi) is 4.14. The van der Waals surface area contributed by atoms with Gasteiger partial charge in [0.25, 0.3) is 11.7 Å². The zero-order valence-electron chi connectivity index (χ0n) is 13.8. The van der Waals surface area contributed by atoms with E-state index in [1.54, 1.807) is 0 Å². The van der Waals surface area contributed by atoms with Crippen LogP contribution in [-0.4, -0.2) is 31.4 Å². The lowest BCUT2D eigenvalue weighted by Gasteiger charge is -2.07. The quantitative estimate of drug-likeness (QED) is 0.759. The standard InChI is InChI=1S/C16H15FN6O2/c1-8-6-9(2)23-16(18-8)21-14(22-23)15(25)20-11-4-5-12(17)13(7-11)19-10(3)24/h4-7H,1-3H3,(H,19,24)(H,20,25). The molecule has 0 aliphatic rings. The molecule has 9 heteroatoms. The molecule has 0 saturated heterocycles. The minimum Gasteiger partial charge on any atom is -0.324 e. The Labute approximate surface area is 142 Å². The van der Waals surface area contributed by atoms with Crippen LogP contribution in [0.5, 0.6) is 0 Å². The molecule has 3 aromatic rings. The highest BCUT2D eigenvalue weighted by Crippen LogP contribution is 2.20. The first-order valence-electron chi connectivity index (χ1n) is 7.43. The maximum absolute atomic E-state index is 13.6. The number of benzene rings is 1. The molecule has 128 valence electrons. The van der Waals surface area contributed by atoms with Crippen molar-refractivity contribution in [3.8, 4) is 0 Å². The van der Waals surface area contributed by atoms with Crippen LogP contribution < -0.4 is 10.6 Å². The molecular weight excluding hydrogens is 327 g/mol. The fourth-order valence-corrected chi connectivity index (χ4v) is 2.34. The molecule has 0 fully saturated rings. The largest absolute Gasteiger partial charge is 0.324 e. The second-order valence-electron chi connectivity index (χ2n) is 5.52. The van der Waals surface area contributed by atoms with Gasteiger partial charge in [0, 0.05) is 24.0 Å². The third-order valence-corrected chi connectivity index (χ3v) is 3.36. The van der Waals surface area contributed by atoms with Gasteiger partial charge in [0.05, 0.1) is 5.69 Å². The third kappa shape index (κ3) is 3.44. The van der Waals surface area contributed by atoms with Gasteiger partial charge in [-0.3, -0.25) is 9.59 Å². The van der Waals surface area contributed by atoms with E-state index in [0.717, 1.165) is 17.5 Å². The summed E-state index contributed by atoms with van der Waals surface area (Å²) in [7, 11) is 0. The topological polar surface area (TPSA) is 101 Å². The molecule has 0 spiro atoms. The van der Waals surface area contributed by atoms with Crippen molar-refractivity contribution in [1.82, 2.24) is 19.6 Å². The van der Waals surface area contributed by atoms with E-state index in [4.69, 9.17) is 0 Å². The van der Waals surface area contributed by atoms with Gasteiger partial charge >= 0.3 is 0 Å². The lowest BCUT2D eigenvalue weighted by molar-refractivity contribution is -0.114. The average Bonchev–Trinajstić information content (AvgIpc) is 2.94. The summed E-state index contributed by atoms with van der Waals surface area (Å²) in [6.07, 6.45) is 0. The normalized spacial score (nSPS) is 10.7. The van der Waals surface area contributed by atoms with Gasteiger partial charge in [-0.25, -0.2) is 13.9 Å². The molecule has 0 aliphatic heterocycles. The number of anilines is 2. The summed E-state index contributed by atoms with van der Waals surface area (Å²) in [5.74, 6) is -1.33. The molecular formula is C16H15FN6O2. The van der Waals surface area contributed by atoms with E-state index >= 15 is 0 Å². The number of hydrogen-bond donors (Lipinski definition) is 2. The summed E-state index contributed by atoms with van der Waals surface area (Å²) in [6.45, 7) is 4.92. The molecule has 2 heterocycles. The number of hydrogen-bond acceptors (Lipinski definition) is 5. The van der Waals surface area contributed by atoms with Crippen LogP contribution in [0.4, 0.5) is 15.8 Å². The summed E-state index contributed by atoms with van der Waals surface area (Å²) >= 11 is 0. The van der Waals surface area contributed by atoms with Crippen molar-refractivity contribution in [2.45, 2.75) is 20.8 Å². The van der Waals surface area contributed by atoms with Crippen LogP contribution in [-0.2, 0) is 4.79 Å². The SMILES string of the molecule is CC(=O)Nc1cc(NC(=O)c2nc3nc(C)cc(C)n3n2)ccc1F. The van der Waals surface area contributed by atoms with Crippen LogP contribution in [0.1, 0.15) is 28.9 Å². The van der Waals surface area contributed by atoms with Gasteiger partial charge in [0.2, 0.25) is 11.7 Å². The van der Waals surface area contributed by atoms with Gasteiger partial charge in [0.15, 0.2) is 0 Å². The number of rotatable bonds is 3. The van der Waals surface area contributed by atoms with Crippen LogP contribution in [0, 0.1) is 19.7 Å². The summed E-state index contributed by atoms with van der Waals surface area (Å²) in [6, 6.07) is 5.66. The van der Waals surface area contributed by atoms with Crippen LogP contribution in [0.25, 0.3) is 5.78 Å². The second kappa shape index (κ2) is 6.27. The molecule has 3 rings (SSSR count). The molecule has 2 aromatic heterocycles. The van der Waals surface area contributed by atoms with E-state index in [0.29, 0.717) is 11.5 Å². The number of nitrogens with one attached hydrogen (secondary N) is 2. The molecule has 25 heavy (non-hydrogen) atoms. The van der Waals surface area contributed by atoms with Gasteiger partial charge in [0.1, 0.15) is 5.82 Å². The lowest BCUT2D eigenvalue weighted by atomic mass is 10.2. The second-order valence-corrected chi connectivity index (χ2v) is 5.52. The number of carbonyl (C=O) groups is 2. The van der Waals surface area contributed by atoms with Crippen molar-refractivity contribution in [3.05, 3.63) is 47.3 Å². The van der Waals surface area contributed by atoms with Gasteiger partial charge in [-0.2, -0.15) is 4.98 Å². The zero-order valence-corrected chi connectivity index (χ0v) is 13.8. The summed E-state index contributed by atoms with van der Waals surface area (Å²) < 4.78 is 15.1. The molecule has 0 aliphatic carbocycles. The Bertz CT molecular complexity index is 998. The third-order valence-electron chi connectivity index (χ3n) is 3.36. The van der Waals surface area contributed by atoms with E-state index in [9.17, 15) is 14.0 Å².